The van der Waals surface area contributed by atoms with Gasteiger partial charge < -0.3 is 9.64 Å². The van der Waals surface area contributed by atoms with E-state index in [0.717, 1.165) is 37.7 Å². The molecular formula is C29H45NO5S. The highest BCUT2D eigenvalue weighted by atomic mass is 32.2. The van der Waals surface area contributed by atoms with Crippen LogP contribution in [0.3, 0.4) is 0 Å². The zero-order chi connectivity index (χ0) is 26.4. The highest BCUT2D eigenvalue weighted by molar-refractivity contribution is 7.86. The standard InChI is InChI=1S/C29H45NO5S/c1-22-10-12-24(13-11-22)36(32,33)34-15-9-7-8-14-30(25(31)35-26(2,3)4)29-18-23-16-27(5,20-29)19-28(6,17-23)21-29/h10-13,23H,7-9,14-21H2,1-6H3/t23-,27+,28-,29+. The molecule has 5 rings (SSSR count). The molecule has 4 fully saturated rings. The van der Waals surface area contributed by atoms with Crippen molar-refractivity contribution in [2.75, 3.05) is 13.2 Å². The Kier molecular flexibility index (Phi) is 7.32. The number of hydrogen-bond donors (Lipinski definition) is 0. The van der Waals surface area contributed by atoms with Crippen LogP contribution < -0.4 is 0 Å². The zero-order valence-electron chi connectivity index (χ0n) is 23.1. The SMILES string of the molecule is Cc1ccc(S(=O)(=O)OCCCCCN(C(=O)OC(C)(C)C)[C@]23C[C@@H]4C[C@@](C)(C[C@@](C)(C4)C2)C3)cc1. The summed E-state index contributed by atoms with van der Waals surface area (Å²) in [6.07, 6.45) is 9.02. The molecular weight excluding hydrogens is 474 g/mol. The van der Waals surface area contributed by atoms with Crippen molar-refractivity contribution in [3.63, 3.8) is 0 Å². The second kappa shape index (κ2) is 9.61. The number of unbranched alkanes of at least 4 members (excludes halogenated alkanes) is 2. The van der Waals surface area contributed by atoms with E-state index >= 15 is 0 Å². The summed E-state index contributed by atoms with van der Waals surface area (Å²) < 4.78 is 36.1. The van der Waals surface area contributed by atoms with Crippen molar-refractivity contribution >= 4 is 16.2 Å². The molecule has 1 aromatic carbocycles. The molecule has 1 aromatic rings. The first-order valence-electron chi connectivity index (χ1n) is 13.6. The molecule has 4 saturated carbocycles. The molecule has 0 aromatic heterocycles. The maximum atomic E-state index is 13.5. The minimum Gasteiger partial charge on any atom is -0.444 e. The first-order valence-corrected chi connectivity index (χ1v) is 15.0. The highest BCUT2D eigenvalue weighted by Gasteiger charge is 2.62. The molecule has 0 radical (unpaired) electrons. The molecule has 7 heteroatoms. The highest BCUT2D eigenvalue weighted by Crippen LogP contribution is 2.67. The molecule has 6 nitrogen and oxygen atoms in total. The van der Waals surface area contributed by atoms with Crippen molar-refractivity contribution in [1.82, 2.24) is 4.90 Å². The van der Waals surface area contributed by atoms with Crippen molar-refractivity contribution in [3.05, 3.63) is 29.8 Å². The van der Waals surface area contributed by atoms with E-state index < -0.39 is 15.7 Å². The number of nitrogens with zero attached hydrogens (tertiary/aromatic N) is 1. The molecule has 0 aliphatic heterocycles. The van der Waals surface area contributed by atoms with Gasteiger partial charge in [-0.3, -0.25) is 4.18 Å². The lowest BCUT2D eigenvalue weighted by molar-refractivity contribution is -0.157. The summed E-state index contributed by atoms with van der Waals surface area (Å²) in [5.74, 6) is 0.682. The topological polar surface area (TPSA) is 72.9 Å². The monoisotopic (exact) mass is 519 g/mol. The van der Waals surface area contributed by atoms with Crippen molar-refractivity contribution in [2.45, 2.75) is 115 Å². The summed E-state index contributed by atoms with van der Waals surface area (Å²) in [5.41, 5.74) is 0.935. The van der Waals surface area contributed by atoms with Crippen LogP contribution in [0.4, 0.5) is 4.79 Å². The molecule has 36 heavy (non-hydrogen) atoms. The number of hydrogen-bond acceptors (Lipinski definition) is 5. The van der Waals surface area contributed by atoms with Crippen LogP contribution in [0.2, 0.25) is 0 Å². The van der Waals surface area contributed by atoms with E-state index in [1.54, 1.807) is 24.3 Å². The van der Waals surface area contributed by atoms with Crippen LogP contribution in [-0.4, -0.2) is 43.7 Å². The number of rotatable bonds is 9. The lowest BCUT2D eigenvalue weighted by Gasteiger charge is -2.67. The maximum Gasteiger partial charge on any atom is 0.410 e. The molecule has 0 spiro atoms. The third-order valence-corrected chi connectivity index (χ3v) is 9.68. The Morgan fingerprint density at radius 1 is 0.972 bits per heavy atom. The van der Waals surface area contributed by atoms with Gasteiger partial charge in [0.15, 0.2) is 0 Å². The van der Waals surface area contributed by atoms with Crippen LogP contribution in [0.25, 0.3) is 0 Å². The van der Waals surface area contributed by atoms with Gasteiger partial charge in [0.1, 0.15) is 5.60 Å². The van der Waals surface area contributed by atoms with Crippen molar-refractivity contribution < 1.29 is 22.1 Å². The summed E-state index contributed by atoms with van der Waals surface area (Å²) in [7, 11) is -3.74. The fraction of sp³-hybridized carbons (Fsp3) is 0.759. The van der Waals surface area contributed by atoms with Gasteiger partial charge in [-0.05, 0) is 114 Å². The Labute approximate surface area is 218 Å². The number of carbonyl (C=O) groups is 1. The van der Waals surface area contributed by atoms with Gasteiger partial charge in [0.25, 0.3) is 10.1 Å². The second-order valence-corrected chi connectivity index (χ2v) is 15.3. The van der Waals surface area contributed by atoms with E-state index in [0.29, 0.717) is 29.7 Å². The van der Waals surface area contributed by atoms with E-state index in [1.165, 1.54) is 19.3 Å². The summed E-state index contributed by atoms with van der Waals surface area (Å²) in [5, 5.41) is 0. The molecule has 0 heterocycles. The molecule has 4 bridgehead atoms. The molecule has 0 unspecified atom stereocenters. The van der Waals surface area contributed by atoms with E-state index in [4.69, 9.17) is 8.92 Å². The number of benzene rings is 1. The predicted octanol–water partition coefficient (Wildman–Crippen LogP) is 6.86. The fourth-order valence-corrected chi connectivity index (χ4v) is 8.96. The van der Waals surface area contributed by atoms with Crippen LogP contribution in [0.15, 0.2) is 29.2 Å². The number of amides is 1. The molecule has 4 atom stereocenters. The van der Waals surface area contributed by atoms with Gasteiger partial charge >= 0.3 is 6.09 Å². The van der Waals surface area contributed by atoms with E-state index in [9.17, 15) is 13.2 Å². The smallest absolute Gasteiger partial charge is 0.410 e. The Bertz CT molecular complexity index is 1040. The fourth-order valence-electron chi connectivity index (χ4n) is 8.02. The lowest BCUT2D eigenvalue weighted by atomic mass is 9.42. The van der Waals surface area contributed by atoms with Crippen molar-refractivity contribution in [1.29, 1.82) is 0 Å². The summed E-state index contributed by atoms with van der Waals surface area (Å²) in [6.45, 7) is 13.3. The zero-order valence-corrected chi connectivity index (χ0v) is 23.9. The Hall–Kier alpha value is -1.60. The van der Waals surface area contributed by atoms with E-state index in [2.05, 4.69) is 18.7 Å². The van der Waals surface area contributed by atoms with Crippen molar-refractivity contribution in [2.24, 2.45) is 16.7 Å². The van der Waals surface area contributed by atoms with Gasteiger partial charge in [-0.2, -0.15) is 8.42 Å². The summed E-state index contributed by atoms with van der Waals surface area (Å²) >= 11 is 0. The van der Waals surface area contributed by atoms with Crippen LogP contribution in [-0.2, 0) is 19.0 Å². The molecule has 1 amide bonds. The number of aryl methyl sites for hydroxylation is 1. The maximum absolute atomic E-state index is 13.5. The third kappa shape index (κ3) is 6.09. The van der Waals surface area contributed by atoms with Gasteiger partial charge in [0, 0.05) is 12.1 Å². The molecule has 4 aliphatic rings. The predicted molar refractivity (Wildman–Crippen MR) is 141 cm³/mol. The Balaban J connectivity index is 1.37. The van der Waals surface area contributed by atoms with Gasteiger partial charge in [-0.25, -0.2) is 4.79 Å². The van der Waals surface area contributed by atoms with Crippen LogP contribution in [0.1, 0.15) is 98.0 Å². The largest absolute Gasteiger partial charge is 0.444 e. The third-order valence-electron chi connectivity index (χ3n) is 8.36. The first kappa shape index (κ1) is 27.4. The second-order valence-electron chi connectivity index (χ2n) is 13.6. The quantitative estimate of drug-likeness (QED) is 0.263. The molecule has 4 aliphatic carbocycles. The van der Waals surface area contributed by atoms with Gasteiger partial charge in [0.05, 0.1) is 11.5 Å². The average molecular weight is 520 g/mol. The van der Waals surface area contributed by atoms with Gasteiger partial charge in [0.2, 0.25) is 0 Å². The lowest BCUT2D eigenvalue weighted by Crippen LogP contribution is -2.66. The molecule has 0 saturated heterocycles. The number of ether oxygens (including phenoxy) is 1. The summed E-state index contributed by atoms with van der Waals surface area (Å²) in [4.78, 5) is 15.8. The first-order chi connectivity index (χ1) is 16.6. The average Bonchev–Trinajstić information content (AvgIpc) is 2.69. The van der Waals surface area contributed by atoms with E-state index in [1.807, 2.05) is 27.7 Å². The number of carbonyl (C=O) groups excluding carboxylic acids is 1. The molecule has 0 N–H and O–H groups in total. The van der Waals surface area contributed by atoms with Gasteiger partial charge in [-0.15, -0.1) is 0 Å². The van der Waals surface area contributed by atoms with E-state index in [-0.39, 0.29) is 23.1 Å². The van der Waals surface area contributed by atoms with Crippen LogP contribution >= 0.6 is 0 Å². The van der Waals surface area contributed by atoms with Gasteiger partial charge in [-0.1, -0.05) is 31.5 Å². The Morgan fingerprint density at radius 2 is 1.58 bits per heavy atom. The van der Waals surface area contributed by atoms with Crippen LogP contribution in [0.5, 0.6) is 0 Å². The normalized spacial score (nSPS) is 31.4. The molecule has 202 valence electrons. The van der Waals surface area contributed by atoms with Crippen LogP contribution in [0, 0.1) is 23.7 Å². The minimum atomic E-state index is -3.74. The minimum absolute atomic E-state index is 0.128. The summed E-state index contributed by atoms with van der Waals surface area (Å²) in [6, 6.07) is 6.70. The van der Waals surface area contributed by atoms with Crippen molar-refractivity contribution in [3.8, 4) is 0 Å². The Morgan fingerprint density at radius 3 is 2.14 bits per heavy atom.